The van der Waals surface area contributed by atoms with E-state index < -0.39 is 0 Å². The summed E-state index contributed by atoms with van der Waals surface area (Å²) in [6.07, 6.45) is 4.75. The van der Waals surface area contributed by atoms with Gasteiger partial charge in [-0.05, 0) is 30.4 Å². The first-order valence-corrected chi connectivity index (χ1v) is 7.17. The summed E-state index contributed by atoms with van der Waals surface area (Å²) >= 11 is 4.96. The lowest BCUT2D eigenvalue weighted by Crippen LogP contribution is -2.39. The molecule has 0 radical (unpaired) electrons. The van der Waals surface area contributed by atoms with Crippen LogP contribution in [-0.2, 0) is 0 Å². The summed E-state index contributed by atoms with van der Waals surface area (Å²) < 4.78 is 13.8. The second-order valence-electron chi connectivity index (χ2n) is 5.96. The lowest BCUT2D eigenvalue weighted by molar-refractivity contribution is 0.217. The molecule has 1 aromatic rings. The second-order valence-corrected chi connectivity index (χ2v) is 6.40. The fourth-order valence-electron chi connectivity index (χ4n) is 2.84. The quantitative estimate of drug-likeness (QED) is 0.826. The van der Waals surface area contributed by atoms with Crippen LogP contribution in [0, 0.1) is 11.2 Å². The molecular formula is C15H21FN2S. The van der Waals surface area contributed by atoms with Crippen molar-refractivity contribution < 1.29 is 4.39 Å². The van der Waals surface area contributed by atoms with Gasteiger partial charge in [-0.1, -0.05) is 45.0 Å². The van der Waals surface area contributed by atoms with E-state index in [0.717, 1.165) is 6.42 Å². The number of nitrogens with one attached hydrogen (secondary N) is 1. The highest BCUT2D eigenvalue weighted by molar-refractivity contribution is 7.80. The number of nitrogens with two attached hydrogens (primary N) is 1. The number of halogens is 1. The predicted octanol–water partition coefficient (Wildman–Crippen LogP) is 3.84. The van der Waals surface area contributed by atoms with Crippen LogP contribution in [0.4, 0.5) is 10.1 Å². The van der Waals surface area contributed by atoms with Crippen LogP contribution >= 0.6 is 12.2 Å². The normalized spacial score (nSPS) is 21.9. The maximum absolute atomic E-state index is 13.8. The molecule has 1 aromatic carbocycles. The maximum atomic E-state index is 13.8. The first-order valence-electron chi connectivity index (χ1n) is 6.76. The van der Waals surface area contributed by atoms with Gasteiger partial charge in [-0.25, -0.2) is 4.39 Å². The molecule has 1 aliphatic rings. The molecule has 0 spiro atoms. The Hall–Kier alpha value is -1.16. The summed E-state index contributed by atoms with van der Waals surface area (Å²) in [5.41, 5.74) is 6.89. The molecular weight excluding hydrogens is 259 g/mol. The number of rotatable bonds is 3. The monoisotopic (exact) mass is 280 g/mol. The molecule has 0 heterocycles. The molecule has 104 valence electrons. The molecule has 0 bridgehead atoms. The highest BCUT2D eigenvalue weighted by Crippen LogP contribution is 2.37. The lowest BCUT2D eigenvalue weighted by Gasteiger charge is -2.40. The van der Waals surface area contributed by atoms with Gasteiger partial charge >= 0.3 is 0 Å². The van der Waals surface area contributed by atoms with Crippen LogP contribution in [-0.4, -0.2) is 11.0 Å². The average Bonchev–Trinajstić information content (AvgIpc) is 2.31. The van der Waals surface area contributed by atoms with Gasteiger partial charge < -0.3 is 11.1 Å². The summed E-state index contributed by atoms with van der Waals surface area (Å²) in [5.74, 6) is -0.355. The molecule has 1 unspecified atom stereocenters. The van der Waals surface area contributed by atoms with Gasteiger partial charge in [-0.3, -0.25) is 0 Å². The van der Waals surface area contributed by atoms with Crippen LogP contribution in [0.25, 0.3) is 0 Å². The first-order chi connectivity index (χ1) is 8.92. The van der Waals surface area contributed by atoms with Crippen molar-refractivity contribution in [2.24, 2.45) is 11.1 Å². The number of thiocarbonyl (C=S) groups is 1. The highest BCUT2D eigenvalue weighted by Gasteiger charge is 2.32. The Labute approximate surface area is 119 Å². The van der Waals surface area contributed by atoms with Gasteiger partial charge in [-0.2, -0.15) is 0 Å². The van der Waals surface area contributed by atoms with Crippen LogP contribution in [0.5, 0.6) is 0 Å². The van der Waals surface area contributed by atoms with Crippen molar-refractivity contribution in [3.05, 3.63) is 29.6 Å². The third-order valence-corrected chi connectivity index (χ3v) is 4.30. The zero-order valence-corrected chi connectivity index (χ0v) is 12.3. The Kier molecular flexibility index (Phi) is 4.09. The van der Waals surface area contributed by atoms with Crippen LogP contribution in [0.2, 0.25) is 0 Å². The van der Waals surface area contributed by atoms with Crippen molar-refractivity contribution >= 4 is 22.9 Å². The van der Waals surface area contributed by atoms with E-state index in [1.807, 2.05) is 6.07 Å². The minimum absolute atomic E-state index is 0.106. The van der Waals surface area contributed by atoms with Crippen molar-refractivity contribution in [2.45, 2.75) is 45.6 Å². The minimum Gasteiger partial charge on any atom is -0.389 e. The number of hydrogen-bond acceptors (Lipinski definition) is 2. The molecule has 0 aromatic heterocycles. The third kappa shape index (κ3) is 3.06. The Morgan fingerprint density at radius 1 is 1.42 bits per heavy atom. The minimum atomic E-state index is -0.355. The van der Waals surface area contributed by atoms with Crippen molar-refractivity contribution in [2.75, 3.05) is 5.32 Å². The second kappa shape index (κ2) is 5.45. The Balaban J connectivity index is 2.28. The predicted molar refractivity (Wildman–Crippen MR) is 81.9 cm³/mol. The maximum Gasteiger partial charge on any atom is 0.135 e. The molecule has 3 N–H and O–H groups in total. The third-order valence-electron chi connectivity index (χ3n) is 4.10. The van der Waals surface area contributed by atoms with Crippen LogP contribution in [0.1, 0.15) is 45.1 Å². The van der Waals surface area contributed by atoms with Gasteiger partial charge in [-0.15, -0.1) is 0 Å². The van der Waals surface area contributed by atoms with E-state index in [1.165, 1.54) is 25.3 Å². The smallest absolute Gasteiger partial charge is 0.135 e. The molecule has 1 atom stereocenters. The van der Waals surface area contributed by atoms with Gasteiger partial charge in [0.2, 0.25) is 0 Å². The lowest BCUT2D eigenvalue weighted by atomic mass is 9.73. The first kappa shape index (κ1) is 14.3. The van der Waals surface area contributed by atoms with Gasteiger partial charge in [0, 0.05) is 11.7 Å². The molecule has 4 heteroatoms. The van der Waals surface area contributed by atoms with E-state index in [1.54, 1.807) is 6.07 Å². The van der Waals surface area contributed by atoms with Crippen LogP contribution in [0.3, 0.4) is 0 Å². The molecule has 1 aliphatic carbocycles. The zero-order valence-electron chi connectivity index (χ0n) is 11.5. The summed E-state index contributed by atoms with van der Waals surface area (Å²) in [4.78, 5) is 0.106. The van der Waals surface area contributed by atoms with Gasteiger partial charge in [0.15, 0.2) is 0 Å². The summed E-state index contributed by atoms with van der Waals surface area (Å²) in [6, 6.07) is 5.26. The van der Waals surface area contributed by atoms with E-state index >= 15 is 0 Å². The van der Waals surface area contributed by atoms with E-state index in [2.05, 4.69) is 19.2 Å². The zero-order chi connectivity index (χ0) is 14.0. The number of hydrogen-bond donors (Lipinski definition) is 2. The van der Waals surface area contributed by atoms with Crippen molar-refractivity contribution in [3.63, 3.8) is 0 Å². The van der Waals surface area contributed by atoms with Gasteiger partial charge in [0.05, 0.1) is 5.56 Å². The SMILES string of the molecule is CC1(C)CCCCC1Nc1cccc(F)c1C(N)=S. The summed E-state index contributed by atoms with van der Waals surface area (Å²) in [5, 5.41) is 3.45. The fourth-order valence-corrected chi connectivity index (χ4v) is 3.05. The van der Waals surface area contributed by atoms with Crippen molar-refractivity contribution in [3.8, 4) is 0 Å². The van der Waals surface area contributed by atoms with Crippen LogP contribution in [0.15, 0.2) is 18.2 Å². The molecule has 1 saturated carbocycles. The Morgan fingerprint density at radius 2 is 2.16 bits per heavy atom. The highest BCUT2D eigenvalue weighted by atomic mass is 32.1. The number of anilines is 1. The summed E-state index contributed by atoms with van der Waals surface area (Å²) in [6.45, 7) is 4.51. The average molecular weight is 280 g/mol. The summed E-state index contributed by atoms with van der Waals surface area (Å²) in [7, 11) is 0. The molecule has 0 aliphatic heterocycles. The van der Waals surface area contributed by atoms with Crippen molar-refractivity contribution in [1.29, 1.82) is 0 Å². The molecule has 0 amide bonds. The molecule has 19 heavy (non-hydrogen) atoms. The largest absolute Gasteiger partial charge is 0.389 e. The number of benzene rings is 1. The van der Waals surface area contributed by atoms with Crippen LogP contribution < -0.4 is 11.1 Å². The van der Waals surface area contributed by atoms with E-state index in [-0.39, 0.29) is 16.2 Å². The Morgan fingerprint density at radius 3 is 2.79 bits per heavy atom. The molecule has 2 rings (SSSR count). The topological polar surface area (TPSA) is 38.0 Å². The molecule has 0 saturated heterocycles. The molecule has 2 nitrogen and oxygen atoms in total. The van der Waals surface area contributed by atoms with E-state index in [4.69, 9.17) is 18.0 Å². The van der Waals surface area contributed by atoms with E-state index in [0.29, 0.717) is 17.3 Å². The standard InChI is InChI=1S/C15H21FN2S/c1-15(2)9-4-3-8-12(15)18-11-7-5-6-10(16)13(11)14(17)19/h5-7,12,18H,3-4,8-9H2,1-2H3,(H2,17,19). The fraction of sp³-hybridized carbons (Fsp3) is 0.533. The molecule has 1 fully saturated rings. The van der Waals surface area contributed by atoms with Gasteiger partial charge in [0.25, 0.3) is 0 Å². The van der Waals surface area contributed by atoms with E-state index in [9.17, 15) is 4.39 Å². The van der Waals surface area contributed by atoms with Crippen molar-refractivity contribution in [1.82, 2.24) is 0 Å². The Bertz CT molecular complexity index is 485. The van der Waals surface area contributed by atoms with Gasteiger partial charge in [0.1, 0.15) is 10.8 Å².